The lowest BCUT2D eigenvalue weighted by atomic mass is 9.90. The zero-order valence-corrected chi connectivity index (χ0v) is 9.12. The van der Waals surface area contributed by atoms with Gasteiger partial charge in [-0.1, -0.05) is 24.3 Å². The number of benzene rings is 1. The molecule has 0 radical (unpaired) electrons. The van der Waals surface area contributed by atoms with Crippen molar-refractivity contribution in [3.8, 4) is 0 Å². The van der Waals surface area contributed by atoms with E-state index in [1.165, 1.54) is 30.4 Å². The first-order valence-corrected chi connectivity index (χ1v) is 5.57. The third kappa shape index (κ3) is 2.01. The molecule has 0 amide bonds. The summed E-state index contributed by atoms with van der Waals surface area (Å²) in [5.74, 6) is 0. The van der Waals surface area contributed by atoms with E-state index in [9.17, 15) is 4.79 Å². The number of allylic oxidation sites excluding steroid dienone is 2. The Morgan fingerprint density at radius 2 is 2.13 bits per heavy atom. The smallest absolute Gasteiger partial charge is 0.150 e. The normalized spacial score (nSPS) is 15.9. The quantitative estimate of drug-likeness (QED) is 0.664. The van der Waals surface area contributed by atoms with Gasteiger partial charge in [0.2, 0.25) is 0 Å². The van der Waals surface area contributed by atoms with Crippen LogP contribution >= 0.6 is 0 Å². The molecule has 0 spiro atoms. The average molecular weight is 200 g/mol. The molecule has 0 saturated carbocycles. The van der Waals surface area contributed by atoms with Gasteiger partial charge in [-0.15, -0.1) is 0 Å². The minimum absolute atomic E-state index is 0.818. The lowest BCUT2D eigenvalue weighted by Gasteiger charge is -2.15. The average Bonchev–Trinajstić information content (AvgIpc) is 2.30. The molecular formula is C14H16O. The number of hydrogen-bond donors (Lipinski definition) is 0. The van der Waals surface area contributed by atoms with Gasteiger partial charge in [-0.3, -0.25) is 4.79 Å². The Bertz CT molecular complexity index is 402. The van der Waals surface area contributed by atoms with E-state index in [1.54, 1.807) is 0 Å². The van der Waals surface area contributed by atoms with Crippen molar-refractivity contribution < 1.29 is 4.79 Å². The molecule has 1 aliphatic carbocycles. The Kier molecular flexibility index (Phi) is 3.00. The Hall–Kier alpha value is -1.37. The van der Waals surface area contributed by atoms with Crippen LogP contribution in [-0.4, -0.2) is 6.29 Å². The van der Waals surface area contributed by atoms with Crippen molar-refractivity contribution in [3.05, 3.63) is 41.0 Å². The fraction of sp³-hybridized carbons (Fsp3) is 0.357. The van der Waals surface area contributed by atoms with E-state index in [-0.39, 0.29) is 0 Å². The molecule has 1 aromatic carbocycles. The van der Waals surface area contributed by atoms with Crippen LogP contribution < -0.4 is 0 Å². The number of carbonyl (C=O) groups excluding carboxylic acids is 1. The number of rotatable bonds is 2. The zero-order chi connectivity index (χ0) is 10.7. The highest BCUT2D eigenvalue weighted by molar-refractivity contribution is 5.81. The molecule has 0 N–H and O–H groups in total. The maximum atomic E-state index is 10.8. The minimum Gasteiger partial charge on any atom is -0.298 e. The van der Waals surface area contributed by atoms with Gasteiger partial charge < -0.3 is 0 Å². The summed E-state index contributed by atoms with van der Waals surface area (Å²) in [6.45, 7) is 2.04. The van der Waals surface area contributed by atoms with Crippen LogP contribution in [0.5, 0.6) is 0 Å². The van der Waals surface area contributed by atoms with Gasteiger partial charge in [-0.25, -0.2) is 0 Å². The Morgan fingerprint density at radius 1 is 1.27 bits per heavy atom. The van der Waals surface area contributed by atoms with E-state index < -0.39 is 0 Å². The first-order valence-electron chi connectivity index (χ1n) is 5.57. The molecule has 0 unspecified atom stereocenters. The number of carbonyl (C=O) groups is 1. The summed E-state index contributed by atoms with van der Waals surface area (Å²) in [4.78, 5) is 10.8. The van der Waals surface area contributed by atoms with Crippen molar-refractivity contribution in [2.75, 3.05) is 0 Å². The molecule has 15 heavy (non-hydrogen) atoms. The molecule has 1 aromatic rings. The van der Waals surface area contributed by atoms with E-state index in [0.29, 0.717) is 0 Å². The maximum Gasteiger partial charge on any atom is 0.150 e. The van der Waals surface area contributed by atoms with Crippen LogP contribution in [0.3, 0.4) is 0 Å². The van der Waals surface area contributed by atoms with Crippen LogP contribution in [0.2, 0.25) is 0 Å². The van der Waals surface area contributed by atoms with Crippen molar-refractivity contribution in [2.24, 2.45) is 0 Å². The van der Waals surface area contributed by atoms with Crippen molar-refractivity contribution in [3.63, 3.8) is 0 Å². The Balaban J connectivity index is 2.43. The van der Waals surface area contributed by atoms with Gasteiger partial charge in [0.1, 0.15) is 6.29 Å². The lowest BCUT2D eigenvalue weighted by molar-refractivity contribution is 0.112. The Labute approximate surface area is 90.8 Å². The molecule has 0 bridgehead atoms. The molecule has 0 heterocycles. The highest BCUT2D eigenvalue weighted by atomic mass is 16.1. The van der Waals surface area contributed by atoms with Gasteiger partial charge in [0.25, 0.3) is 0 Å². The third-order valence-corrected chi connectivity index (χ3v) is 3.14. The molecule has 0 fully saturated rings. The summed E-state index contributed by atoms with van der Waals surface area (Å²) in [7, 11) is 0. The summed E-state index contributed by atoms with van der Waals surface area (Å²) >= 11 is 0. The van der Waals surface area contributed by atoms with E-state index in [1.807, 2.05) is 19.1 Å². The van der Waals surface area contributed by atoms with Gasteiger partial charge in [0.15, 0.2) is 0 Å². The molecule has 1 heteroatoms. The summed E-state index contributed by atoms with van der Waals surface area (Å²) < 4.78 is 0. The monoisotopic (exact) mass is 200 g/mol. The predicted molar refractivity (Wildman–Crippen MR) is 63.0 cm³/mol. The predicted octanol–water partition coefficient (Wildman–Crippen LogP) is 3.76. The first kappa shape index (κ1) is 10.2. The van der Waals surface area contributed by atoms with Crippen molar-refractivity contribution in [1.29, 1.82) is 0 Å². The van der Waals surface area contributed by atoms with Gasteiger partial charge >= 0.3 is 0 Å². The van der Waals surface area contributed by atoms with E-state index in [2.05, 4.69) is 12.1 Å². The molecule has 1 nitrogen and oxygen atoms in total. The largest absolute Gasteiger partial charge is 0.298 e. The standard InChI is InChI=1S/C14H16O/c1-11-13(10-15)8-5-9-14(11)12-6-3-2-4-7-12/h5-6,8-10H,2-4,7H2,1H3. The molecule has 0 atom stereocenters. The third-order valence-electron chi connectivity index (χ3n) is 3.14. The topological polar surface area (TPSA) is 17.1 Å². The van der Waals surface area contributed by atoms with E-state index in [0.717, 1.165) is 23.8 Å². The second-order valence-corrected chi connectivity index (χ2v) is 4.11. The van der Waals surface area contributed by atoms with Gasteiger partial charge in [-0.2, -0.15) is 0 Å². The van der Waals surface area contributed by atoms with Crippen LogP contribution in [-0.2, 0) is 0 Å². The van der Waals surface area contributed by atoms with E-state index in [4.69, 9.17) is 0 Å². The lowest BCUT2D eigenvalue weighted by Crippen LogP contribution is -1.97. The van der Waals surface area contributed by atoms with Crippen molar-refractivity contribution >= 4 is 11.9 Å². The van der Waals surface area contributed by atoms with Crippen LogP contribution in [0.25, 0.3) is 5.57 Å². The zero-order valence-electron chi connectivity index (χ0n) is 9.12. The highest BCUT2D eigenvalue weighted by Crippen LogP contribution is 2.29. The maximum absolute atomic E-state index is 10.8. The van der Waals surface area contributed by atoms with Crippen LogP contribution in [0.1, 0.15) is 47.2 Å². The van der Waals surface area contributed by atoms with Crippen molar-refractivity contribution in [1.82, 2.24) is 0 Å². The Morgan fingerprint density at radius 3 is 2.80 bits per heavy atom. The molecule has 0 aliphatic heterocycles. The molecule has 0 aromatic heterocycles. The molecule has 78 valence electrons. The van der Waals surface area contributed by atoms with E-state index >= 15 is 0 Å². The molecule has 1 aliphatic rings. The second-order valence-electron chi connectivity index (χ2n) is 4.11. The fourth-order valence-corrected chi connectivity index (χ4v) is 2.21. The highest BCUT2D eigenvalue weighted by Gasteiger charge is 2.10. The summed E-state index contributed by atoms with van der Waals surface area (Å²) in [6.07, 6.45) is 8.18. The SMILES string of the molecule is Cc1c(C=O)cccc1C1=CCCCC1. The molecule has 0 saturated heterocycles. The van der Waals surface area contributed by atoms with Gasteiger partial charge in [0.05, 0.1) is 0 Å². The first-order chi connectivity index (χ1) is 7.33. The summed E-state index contributed by atoms with van der Waals surface area (Å²) in [5.41, 5.74) is 4.63. The number of hydrogen-bond acceptors (Lipinski definition) is 1. The number of aldehydes is 1. The minimum atomic E-state index is 0.818. The van der Waals surface area contributed by atoms with Gasteiger partial charge in [-0.05, 0) is 49.3 Å². The fourth-order valence-electron chi connectivity index (χ4n) is 2.21. The molecule has 2 rings (SSSR count). The second kappa shape index (κ2) is 4.43. The molecular weight excluding hydrogens is 184 g/mol. The summed E-state index contributed by atoms with van der Waals surface area (Å²) in [6, 6.07) is 5.98. The van der Waals surface area contributed by atoms with Crippen LogP contribution in [0.4, 0.5) is 0 Å². The summed E-state index contributed by atoms with van der Waals surface area (Å²) in [5, 5.41) is 0. The van der Waals surface area contributed by atoms with Crippen molar-refractivity contribution in [2.45, 2.75) is 32.6 Å². The van der Waals surface area contributed by atoms with Crippen LogP contribution in [0, 0.1) is 6.92 Å². The van der Waals surface area contributed by atoms with Gasteiger partial charge in [0, 0.05) is 5.56 Å². The van der Waals surface area contributed by atoms with Crippen LogP contribution in [0.15, 0.2) is 24.3 Å².